The second-order valence-corrected chi connectivity index (χ2v) is 6.44. The first-order valence-electron chi connectivity index (χ1n) is 7.36. The van der Waals surface area contributed by atoms with Gasteiger partial charge in [0.15, 0.2) is 0 Å². The van der Waals surface area contributed by atoms with Gasteiger partial charge in [0.05, 0.1) is 21.7 Å². The van der Waals surface area contributed by atoms with Gasteiger partial charge in [0, 0.05) is 25.7 Å². The van der Waals surface area contributed by atoms with E-state index in [4.69, 9.17) is 33.0 Å². The van der Waals surface area contributed by atoms with Gasteiger partial charge in [-0.1, -0.05) is 29.3 Å². The number of aliphatic carboxylic acids is 1. The van der Waals surface area contributed by atoms with Crippen LogP contribution in [0.1, 0.15) is 11.3 Å². The first kappa shape index (κ1) is 17.0. The van der Waals surface area contributed by atoms with Crippen LogP contribution in [0, 0.1) is 5.92 Å². The summed E-state index contributed by atoms with van der Waals surface area (Å²) in [5.41, 5.74) is 1.66. The lowest BCUT2D eigenvalue weighted by molar-refractivity contribution is -0.147. The maximum atomic E-state index is 10.8. The van der Waals surface area contributed by atoms with Crippen LogP contribution in [0.2, 0.25) is 10.0 Å². The van der Waals surface area contributed by atoms with Gasteiger partial charge >= 0.3 is 5.97 Å². The minimum atomic E-state index is -0.747. The Labute approximate surface area is 149 Å². The first-order chi connectivity index (χ1) is 11.5. The lowest BCUT2D eigenvalue weighted by Crippen LogP contribution is -2.49. The van der Waals surface area contributed by atoms with Gasteiger partial charge in [-0.15, -0.1) is 5.10 Å². The molecule has 0 unspecified atom stereocenters. The number of benzene rings is 1. The van der Waals surface area contributed by atoms with Crippen LogP contribution in [0.5, 0.6) is 5.88 Å². The summed E-state index contributed by atoms with van der Waals surface area (Å²) >= 11 is 11.8. The summed E-state index contributed by atoms with van der Waals surface area (Å²) < 4.78 is 5.57. The number of likely N-dealkylation sites (tertiary alicyclic amines) is 1. The highest BCUT2D eigenvalue weighted by molar-refractivity contribution is 6.42. The Balaban J connectivity index is 1.49. The van der Waals surface area contributed by atoms with Crippen LogP contribution in [-0.4, -0.2) is 39.3 Å². The molecule has 1 aromatic carbocycles. The van der Waals surface area contributed by atoms with E-state index < -0.39 is 5.97 Å². The predicted octanol–water partition coefficient (Wildman–Crippen LogP) is 2.88. The van der Waals surface area contributed by atoms with Crippen LogP contribution in [0.3, 0.4) is 0 Å². The number of carbonyl (C=O) groups is 1. The van der Waals surface area contributed by atoms with Crippen LogP contribution < -0.4 is 4.74 Å². The van der Waals surface area contributed by atoms with E-state index in [2.05, 4.69) is 10.2 Å². The number of hydrogen-bond donors (Lipinski definition) is 1. The average molecular weight is 368 g/mol. The molecule has 0 saturated carbocycles. The second kappa shape index (κ2) is 7.34. The normalized spacial score (nSPS) is 15.1. The van der Waals surface area contributed by atoms with Gasteiger partial charge < -0.3 is 9.84 Å². The molecule has 0 aliphatic carbocycles. The van der Waals surface area contributed by atoms with Crippen LogP contribution in [0.4, 0.5) is 0 Å². The van der Waals surface area contributed by atoms with Gasteiger partial charge in [0.2, 0.25) is 5.88 Å². The number of ether oxygens (including phenoxy) is 1. The summed E-state index contributed by atoms with van der Waals surface area (Å²) in [6.45, 7) is 2.00. The summed E-state index contributed by atoms with van der Waals surface area (Å²) in [6, 6.07) is 8.86. The number of hydrogen-bond acceptors (Lipinski definition) is 5. The molecule has 1 saturated heterocycles. The van der Waals surface area contributed by atoms with Crippen LogP contribution in [0.15, 0.2) is 30.3 Å². The third-order valence-electron chi connectivity index (χ3n) is 3.76. The van der Waals surface area contributed by atoms with Crippen molar-refractivity contribution in [1.29, 1.82) is 0 Å². The van der Waals surface area contributed by atoms with Crippen molar-refractivity contribution in [3.63, 3.8) is 0 Å². The number of carboxylic acid groups (broad SMARTS) is 1. The molecule has 1 aliphatic heterocycles. The molecule has 24 heavy (non-hydrogen) atoms. The van der Waals surface area contributed by atoms with Gasteiger partial charge in [-0.05, 0) is 23.8 Å². The van der Waals surface area contributed by atoms with Crippen molar-refractivity contribution in [2.24, 2.45) is 5.92 Å². The molecule has 0 bridgehead atoms. The van der Waals surface area contributed by atoms with Crippen LogP contribution in [0.25, 0.3) is 0 Å². The molecule has 1 fully saturated rings. The third kappa shape index (κ3) is 4.14. The lowest BCUT2D eigenvalue weighted by Gasteiger charge is -2.36. The fraction of sp³-hybridized carbons (Fsp3) is 0.312. The van der Waals surface area contributed by atoms with E-state index in [0.29, 0.717) is 42.2 Å². The Kier molecular flexibility index (Phi) is 5.18. The molecule has 2 aromatic rings. The third-order valence-corrected chi connectivity index (χ3v) is 4.50. The van der Waals surface area contributed by atoms with Crippen molar-refractivity contribution in [1.82, 2.24) is 15.1 Å². The molecule has 1 aliphatic rings. The van der Waals surface area contributed by atoms with E-state index in [-0.39, 0.29) is 5.92 Å². The second-order valence-electron chi connectivity index (χ2n) is 5.63. The molecule has 0 spiro atoms. The standard InChI is InChI=1S/C16H15Cl2N3O3/c17-13-3-1-10(5-14(13)18)9-24-15-4-2-12(19-20-15)8-21-6-11(7-21)16(22)23/h1-5,11H,6-9H2,(H,22,23). The van der Waals surface area contributed by atoms with E-state index >= 15 is 0 Å². The minimum Gasteiger partial charge on any atom is -0.481 e. The molecule has 1 N–H and O–H groups in total. The van der Waals surface area contributed by atoms with E-state index in [1.54, 1.807) is 18.2 Å². The average Bonchev–Trinajstić information content (AvgIpc) is 2.52. The van der Waals surface area contributed by atoms with Crippen molar-refractivity contribution in [3.05, 3.63) is 51.6 Å². The number of nitrogens with zero attached hydrogens (tertiary/aromatic N) is 3. The molecule has 0 amide bonds. The van der Waals surface area contributed by atoms with E-state index in [1.807, 2.05) is 17.0 Å². The lowest BCUT2D eigenvalue weighted by atomic mass is 10.0. The molecular formula is C16H15Cl2N3O3. The molecule has 0 radical (unpaired) electrons. The minimum absolute atomic E-state index is 0.272. The van der Waals surface area contributed by atoms with Gasteiger partial charge in [-0.3, -0.25) is 9.69 Å². The predicted molar refractivity (Wildman–Crippen MR) is 89.2 cm³/mol. The monoisotopic (exact) mass is 367 g/mol. The topological polar surface area (TPSA) is 75.5 Å². The molecule has 1 aromatic heterocycles. The Hall–Kier alpha value is -1.89. The Bertz CT molecular complexity index is 734. The smallest absolute Gasteiger partial charge is 0.309 e. The fourth-order valence-corrected chi connectivity index (χ4v) is 2.70. The van der Waals surface area contributed by atoms with E-state index in [0.717, 1.165) is 11.3 Å². The molecule has 126 valence electrons. The molecule has 0 atom stereocenters. The van der Waals surface area contributed by atoms with Crippen molar-refractivity contribution < 1.29 is 14.6 Å². The zero-order chi connectivity index (χ0) is 17.1. The van der Waals surface area contributed by atoms with Gasteiger partial charge in [-0.25, -0.2) is 0 Å². The van der Waals surface area contributed by atoms with Gasteiger partial charge in [-0.2, -0.15) is 5.10 Å². The molecular weight excluding hydrogens is 353 g/mol. The van der Waals surface area contributed by atoms with Gasteiger partial charge in [0.25, 0.3) is 0 Å². The van der Waals surface area contributed by atoms with Crippen LogP contribution in [-0.2, 0) is 17.9 Å². The number of carboxylic acids is 1. The summed E-state index contributed by atoms with van der Waals surface area (Å²) in [6.07, 6.45) is 0. The van der Waals surface area contributed by atoms with Crippen molar-refractivity contribution in [3.8, 4) is 5.88 Å². The number of rotatable bonds is 6. The SMILES string of the molecule is O=C(O)C1CN(Cc2ccc(OCc3ccc(Cl)c(Cl)c3)nn2)C1. The van der Waals surface area contributed by atoms with Crippen molar-refractivity contribution >= 4 is 29.2 Å². The number of halogens is 2. The zero-order valence-electron chi connectivity index (χ0n) is 12.7. The summed E-state index contributed by atoms with van der Waals surface area (Å²) in [4.78, 5) is 12.8. The first-order valence-corrected chi connectivity index (χ1v) is 8.11. The fourth-order valence-electron chi connectivity index (χ4n) is 2.38. The van der Waals surface area contributed by atoms with Crippen molar-refractivity contribution in [2.75, 3.05) is 13.1 Å². The van der Waals surface area contributed by atoms with E-state index in [9.17, 15) is 4.79 Å². The Morgan fingerprint density at radius 2 is 2.00 bits per heavy atom. The molecule has 8 heteroatoms. The largest absolute Gasteiger partial charge is 0.481 e. The van der Waals surface area contributed by atoms with Crippen LogP contribution >= 0.6 is 23.2 Å². The molecule has 2 heterocycles. The highest BCUT2D eigenvalue weighted by atomic mass is 35.5. The molecule has 6 nitrogen and oxygen atoms in total. The Morgan fingerprint density at radius 1 is 1.21 bits per heavy atom. The number of aromatic nitrogens is 2. The summed E-state index contributed by atoms with van der Waals surface area (Å²) in [5.74, 6) is -0.605. The maximum Gasteiger partial charge on any atom is 0.309 e. The quantitative estimate of drug-likeness (QED) is 0.845. The Morgan fingerprint density at radius 3 is 2.62 bits per heavy atom. The highest BCUT2D eigenvalue weighted by Crippen LogP contribution is 2.23. The zero-order valence-corrected chi connectivity index (χ0v) is 14.2. The highest BCUT2D eigenvalue weighted by Gasteiger charge is 2.32. The molecule has 3 rings (SSSR count). The maximum absolute atomic E-state index is 10.8. The van der Waals surface area contributed by atoms with E-state index in [1.165, 1.54) is 0 Å². The van der Waals surface area contributed by atoms with Gasteiger partial charge in [0.1, 0.15) is 6.61 Å². The summed E-state index contributed by atoms with van der Waals surface area (Å²) in [7, 11) is 0. The summed E-state index contributed by atoms with van der Waals surface area (Å²) in [5, 5.41) is 18.0. The van der Waals surface area contributed by atoms with Crippen molar-refractivity contribution in [2.45, 2.75) is 13.2 Å².